The van der Waals surface area contributed by atoms with Crippen LogP contribution < -0.4 is 10.6 Å². The van der Waals surface area contributed by atoms with Gasteiger partial charge in [0.25, 0.3) is 0 Å². The molecule has 2 heterocycles. The van der Waals surface area contributed by atoms with Crippen molar-refractivity contribution < 1.29 is 14.3 Å². The van der Waals surface area contributed by atoms with Crippen LogP contribution >= 0.6 is 0 Å². The minimum atomic E-state index is -0.380. The standard InChI is InChI=1S/C22H24N2O3/c1-3-27-21(26)17-13-7-5-9-15(25)16(13)20-22(10-11-23-19(17)22)14-8-4-6-12(2)18(14)24-20/h4,6,8,20,23-24H,3,5,7,9-11H2,1-2H3/t20-,22+/m0/s1. The summed E-state index contributed by atoms with van der Waals surface area (Å²) in [7, 11) is 0. The molecule has 1 saturated heterocycles. The molecule has 1 fully saturated rings. The van der Waals surface area contributed by atoms with Gasteiger partial charge in [-0.1, -0.05) is 18.2 Å². The van der Waals surface area contributed by atoms with Crippen molar-refractivity contribution in [2.45, 2.75) is 51.0 Å². The molecule has 0 radical (unpaired) electrons. The fourth-order valence-electron chi connectivity index (χ4n) is 5.55. The van der Waals surface area contributed by atoms with E-state index in [-0.39, 0.29) is 23.2 Å². The quantitative estimate of drug-likeness (QED) is 0.790. The van der Waals surface area contributed by atoms with Gasteiger partial charge in [0, 0.05) is 29.9 Å². The van der Waals surface area contributed by atoms with Crippen LogP contribution in [0.25, 0.3) is 0 Å². The topological polar surface area (TPSA) is 67.4 Å². The number of esters is 1. The molecule has 1 aromatic rings. The van der Waals surface area contributed by atoms with E-state index in [1.165, 1.54) is 11.1 Å². The molecule has 1 spiro atoms. The number of carbonyl (C=O) groups is 2. The molecule has 0 amide bonds. The summed E-state index contributed by atoms with van der Waals surface area (Å²) in [5.41, 5.74) is 6.37. The van der Waals surface area contributed by atoms with Crippen molar-refractivity contribution in [1.29, 1.82) is 0 Å². The molecule has 5 rings (SSSR count). The first-order valence-corrected chi connectivity index (χ1v) is 9.88. The molecular weight excluding hydrogens is 340 g/mol. The van der Waals surface area contributed by atoms with Gasteiger partial charge in [-0.25, -0.2) is 4.79 Å². The summed E-state index contributed by atoms with van der Waals surface area (Å²) >= 11 is 0. The van der Waals surface area contributed by atoms with E-state index in [1.807, 2.05) is 6.92 Å². The SMILES string of the molecule is CCOC(=O)C1=C2NCC[C@@]23c2cccc(C)c2N[C@H]3C2=C1CCCC2=O. The minimum Gasteiger partial charge on any atom is -0.462 e. The van der Waals surface area contributed by atoms with Crippen molar-refractivity contribution in [3.63, 3.8) is 0 Å². The van der Waals surface area contributed by atoms with Gasteiger partial charge in [-0.3, -0.25) is 4.79 Å². The highest BCUT2D eigenvalue weighted by atomic mass is 16.5. The van der Waals surface area contributed by atoms with Crippen LogP contribution in [0.4, 0.5) is 5.69 Å². The third-order valence-corrected chi connectivity index (χ3v) is 6.58. The van der Waals surface area contributed by atoms with Crippen LogP contribution in [0.1, 0.15) is 43.7 Å². The van der Waals surface area contributed by atoms with Crippen LogP contribution in [0.5, 0.6) is 0 Å². The van der Waals surface area contributed by atoms with Crippen LogP contribution in [0, 0.1) is 6.92 Å². The number of rotatable bonds is 2. The van der Waals surface area contributed by atoms with Gasteiger partial charge in [0.1, 0.15) is 0 Å². The predicted octanol–water partition coefficient (Wildman–Crippen LogP) is 2.90. The van der Waals surface area contributed by atoms with Gasteiger partial charge < -0.3 is 15.4 Å². The van der Waals surface area contributed by atoms with Gasteiger partial charge in [0.15, 0.2) is 5.78 Å². The third kappa shape index (κ3) is 2.00. The van der Waals surface area contributed by atoms with Crippen molar-refractivity contribution in [2.75, 3.05) is 18.5 Å². The Labute approximate surface area is 158 Å². The van der Waals surface area contributed by atoms with E-state index in [4.69, 9.17) is 4.74 Å². The van der Waals surface area contributed by atoms with Crippen molar-refractivity contribution in [1.82, 2.24) is 5.32 Å². The molecule has 140 valence electrons. The molecule has 2 N–H and O–H groups in total. The fourth-order valence-corrected chi connectivity index (χ4v) is 5.55. The Hall–Kier alpha value is -2.56. The third-order valence-electron chi connectivity index (χ3n) is 6.58. The Bertz CT molecular complexity index is 943. The zero-order valence-corrected chi connectivity index (χ0v) is 15.8. The first-order valence-electron chi connectivity index (χ1n) is 9.88. The summed E-state index contributed by atoms with van der Waals surface area (Å²) in [6.07, 6.45) is 2.97. The van der Waals surface area contributed by atoms with E-state index in [1.54, 1.807) is 0 Å². The summed E-state index contributed by atoms with van der Waals surface area (Å²) in [4.78, 5) is 26.0. The molecule has 4 aliphatic rings. The van der Waals surface area contributed by atoms with Crippen LogP contribution in [0.15, 0.2) is 40.6 Å². The highest BCUT2D eigenvalue weighted by Crippen LogP contribution is 2.58. The summed E-state index contributed by atoms with van der Waals surface area (Å²) in [6, 6.07) is 6.21. The van der Waals surface area contributed by atoms with E-state index in [0.29, 0.717) is 18.6 Å². The van der Waals surface area contributed by atoms with Crippen molar-refractivity contribution in [3.05, 3.63) is 51.7 Å². The summed E-state index contributed by atoms with van der Waals surface area (Å²) in [5, 5.41) is 7.19. The lowest BCUT2D eigenvalue weighted by atomic mass is 9.63. The molecule has 0 aromatic heterocycles. The Morgan fingerprint density at radius 1 is 1.33 bits per heavy atom. The molecule has 2 atom stereocenters. The highest BCUT2D eigenvalue weighted by molar-refractivity contribution is 6.07. The molecule has 1 aromatic carbocycles. The molecule has 0 bridgehead atoms. The Morgan fingerprint density at radius 2 is 2.19 bits per heavy atom. The normalized spacial score (nSPS) is 28.1. The summed E-state index contributed by atoms with van der Waals surface area (Å²) in [6.45, 7) is 5.04. The van der Waals surface area contributed by atoms with Crippen molar-refractivity contribution in [3.8, 4) is 0 Å². The molecule has 5 heteroatoms. The average molecular weight is 364 g/mol. The maximum atomic E-state index is 13.0. The van der Waals surface area contributed by atoms with Gasteiger partial charge >= 0.3 is 5.97 Å². The zero-order chi connectivity index (χ0) is 18.8. The first kappa shape index (κ1) is 16.6. The monoisotopic (exact) mass is 364 g/mol. The number of ketones is 1. The number of carbonyl (C=O) groups excluding carboxylic acids is 2. The van der Waals surface area contributed by atoms with E-state index in [2.05, 4.69) is 35.8 Å². The fraction of sp³-hybridized carbons (Fsp3) is 0.455. The second-order valence-electron chi connectivity index (χ2n) is 7.86. The van der Waals surface area contributed by atoms with E-state index in [0.717, 1.165) is 48.3 Å². The number of aryl methyl sites for hydroxylation is 1. The number of para-hydroxylation sites is 1. The average Bonchev–Trinajstić information content (AvgIpc) is 3.22. The maximum absolute atomic E-state index is 13.0. The van der Waals surface area contributed by atoms with Crippen LogP contribution in [-0.4, -0.2) is 30.9 Å². The number of ether oxygens (including phenoxy) is 1. The zero-order valence-electron chi connectivity index (χ0n) is 15.8. The van der Waals surface area contributed by atoms with Crippen LogP contribution in [0.3, 0.4) is 0 Å². The lowest BCUT2D eigenvalue weighted by Crippen LogP contribution is -2.48. The van der Waals surface area contributed by atoms with Gasteiger partial charge in [0.2, 0.25) is 0 Å². The van der Waals surface area contributed by atoms with Crippen molar-refractivity contribution >= 4 is 17.4 Å². The molecular formula is C22H24N2O3. The molecule has 0 saturated carbocycles. The summed E-state index contributed by atoms with van der Waals surface area (Å²) < 4.78 is 5.43. The molecule has 2 aliphatic carbocycles. The van der Waals surface area contributed by atoms with E-state index in [9.17, 15) is 9.59 Å². The molecule has 5 nitrogen and oxygen atoms in total. The predicted molar refractivity (Wildman–Crippen MR) is 102 cm³/mol. The minimum absolute atomic E-state index is 0.0976. The molecule has 27 heavy (non-hydrogen) atoms. The molecule has 0 unspecified atom stereocenters. The van der Waals surface area contributed by atoms with Gasteiger partial charge in [-0.05, 0) is 49.8 Å². The lowest BCUT2D eigenvalue weighted by molar-refractivity contribution is -0.138. The number of fused-ring (bicyclic) bond motifs is 2. The number of hydrogen-bond donors (Lipinski definition) is 2. The van der Waals surface area contributed by atoms with Gasteiger partial charge in [0.05, 0.1) is 23.6 Å². The molecule has 2 aliphatic heterocycles. The largest absolute Gasteiger partial charge is 0.462 e. The smallest absolute Gasteiger partial charge is 0.340 e. The highest BCUT2D eigenvalue weighted by Gasteiger charge is 2.59. The first-order chi connectivity index (χ1) is 13.1. The Kier molecular flexibility index (Phi) is 3.51. The van der Waals surface area contributed by atoms with Crippen LogP contribution in [0.2, 0.25) is 0 Å². The van der Waals surface area contributed by atoms with Crippen molar-refractivity contribution in [2.24, 2.45) is 0 Å². The van der Waals surface area contributed by atoms with E-state index >= 15 is 0 Å². The number of anilines is 1. The van der Waals surface area contributed by atoms with Gasteiger partial charge in [-0.2, -0.15) is 0 Å². The van der Waals surface area contributed by atoms with Crippen LogP contribution in [-0.2, 0) is 19.7 Å². The maximum Gasteiger partial charge on any atom is 0.340 e. The second-order valence-corrected chi connectivity index (χ2v) is 7.86. The number of hydrogen-bond acceptors (Lipinski definition) is 5. The number of nitrogens with one attached hydrogen (secondary N) is 2. The Morgan fingerprint density at radius 3 is 3.00 bits per heavy atom. The number of benzene rings is 1. The summed E-state index contributed by atoms with van der Waals surface area (Å²) in [5.74, 6) is -0.130. The van der Waals surface area contributed by atoms with E-state index < -0.39 is 0 Å². The Balaban J connectivity index is 1.83. The van der Waals surface area contributed by atoms with Gasteiger partial charge in [-0.15, -0.1) is 0 Å². The lowest BCUT2D eigenvalue weighted by Gasteiger charge is -2.41. The second kappa shape index (κ2) is 5.72. The number of Topliss-reactive ketones (excluding diaryl/α,β-unsaturated/α-hetero) is 1.